The van der Waals surface area contributed by atoms with E-state index < -0.39 is 43.1 Å². The Balaban J connectivity index is 0.00000480. The van der Waals surface area contributed by atoms with Crippen LogP contribution in [0.25, 0.3) is 0 Å². The minimum absolute atomic E-state index is 0. The summed E-state index contributed by atoms with van der Waals surface area (Å²) in [5.41, 5.74) is -5.72. The van der Waals surface area contributed by atoms with Crippen LogP contribution in [0.2, 0.25) is 0 Å². The van der Waals surface area contributed by atoms with Crippen molar-refractivity contribution in [2.75, 3.05) is 6.61 Å². The normalized spacial score (nSPS) is 12.1. The second-order valence-electron chi connectivity index (χ2n) is 6.61. The Kier molecular flexibility index (Phi) is 10.6. The molecule has 0 spiro atoms. The number of alkyl halides is 6. The second kappa shape index (κ2) is 11.9. The molecule has 2 aromatic carbocycles. The van der Waals surface area contributed by atoms with E-state index in [0.717, 1.165) is 25.7 Å². The largest absolute Gasteiger partial charge is 0.494 e. The van der Waals surface area contributed by atoms with Gasteiger partial charge in [0.05, 0.1) is 17.7 Å². The van der Waals surface area contributed by atoms with Crippen molar-refractivity contribution in [1.29, 1.82) is 0 Å². The first kappa shape index (κ1) is 27.6. The standard InChI is InChI=1S/C21H21F6O2P.Li/c1-2-3-4-5-13-29-14-9-11-15(12-10-14)30-19(28)18-16(20(22,23)24)7-6-8-17(18)21(25,26)27;/h6-12,30H,2-5,13H2,1H3;. The zero-order chi connectivity index (χ0) is 22.4. The Hall–Kier alpha value is -1.48. The van der Waals surface area contributed by atoms with Gasteiger partial charge < -0.3 is 4.74 Å². The number of unbranched alkanes of at least 4 members (excludes halogenated alkanes) is 3. The van der Waals surface area contributed by atoms with Gasteiger partial charge in [0.25, 0.3) is 0 Å². The molecule has 31 heavy (non-hydrogen) atoms. The third-order valence-corrected chi connectivity index (χ3v) is 5.38. The summed E-state index contributed by atoms with van der Waals surface area (Å²) < 4.78 is 84.9. The van der Waals surface area contributed by atoms with E-state index >= 15 is 0 Å². The number of halogens is 6. The van der Waals surface area contributed by atoms with E-state index in [2.05, 4.69) is 6.92 Å². The van der Waals surface area contributed by atoms with Crippen LogP contribution in [0.3, 0.4) is 0 Å². The third kappa shape index (κ3) is 8.18. The Morgan fingerprint density at radius 2 is 1.42 bits per heavy atom. The number of ether oxygens (including phenoxy) is 1. The maximum atomic E-state index is 13.2. The number of benzene rings is 2. The average Bonchev–Trinajstić information content (AvgIpc) is 2.67. The molecule has 0 amide bonds. The minimum atomic E-state index is -5.08. The number of hydrogen-bond acceptors (Lipinski definition) is 2. The van der Waals surface area contributed by atoms with Crippen LogP contribution in [0.4, 0.5) is 26.3 Å². The molecule has 2 aromatic rings. The maximum absolute atomic E-state index is 13.2. The Bertz CT molecular complexity index is 818. The van der Waals surface area contributed by atoms with E-state index in [1.165, 1.54) is 12.1 Å². The van der Waals surface area contributed by atoms with Gasteiger partial charge in [0, 0.05) is 24.4 Å². The molecule has 0 aliphatic carbocycles. The van der Waals surface area contributed by atoms with Gasteiger partial charge >= 0.3 is 12.4 Å². The van der Waals surface area contributed by atoms with Crippen LogP contribution in [0, 0.1) is 0 Å². The quantitative estimate of drug-likeness (QED) is 0.187. The molecule has 0 saturated carbocycles. The topological polar surface area (TPSA) is 26.3 Å². The summed E-state index contributed by atoms with van der Waals surface area (Å²) in [6.07, 6.45) is -6.05. The fourth-order valence-electron chi connectivity index (χ4n) is 2.82. The van der Waals surface area contributed by atoms with Crippen molar-refractivity contribution < 1.29 is 35.9 Å². The smallest absolute Gasteiger partial charge is 0.417 e. The van der Waals surface area contributed by atoms with Gasteiger partial charge in [-0.2, -0.15) is 26.3 Å². The van der Waals surface area contributed by atoms with E-state index in [0.29, 0.717) is 35.9 Å². The maximum Gasteiger partial charge on any atom is 0.417 e. The molecule has 0 N–H and O–H groups in total. The molecule has 1 atom stereocenters. The van der Waals surface area contributed by atoms with Crippen LogP contribution < -0.4 is 10.0 Å². The molecule has 1 radical (unpaired) electrons. The van der Waals surface area contributed by atoms with Crippen molar-refractivity contribution in [3.05, 3.63) is 59.2 Å². The van der Waals surface area contributed by atoms with Crippen molar-refractivity contribution in [2.45, 2.75) is 45.0 Å². The molecule has 0 bridgehead atoms. The Labute approximate surface area is 190 Å². The van der Waals surface area contributed by atoms with Gasteiger partial charge in [0.1, 0.15) is 5.75 Å². The fraction of sp³-hybridized carbons (Fsp3) is 0.381. The zero-order valence-electron chi connectivity index (χ0n) is 17.2. The van der Waals surface area contributed by atoms with Gasteiger partial charge in [-0.15, -0.1) is 0 Å². The Morgan fingerprint density at radius 1 is 0.871 bits per heavy atom. The SMILES string of the molecule is CCCCCCOc1ccc(PC(=O)c2c(C(F)(F)F)cccc2C(F)(F)F)cc1.[Li]. The first-order valence-electron chi connectivity index (χ1n) is 9.35. The van der Waals surface area contributed by atoms with Gasteiger partial charge in [-0.3, -0.25) is 4.79 Å². The summed E-state index contributed by atoms with van der Waals surface area (Å²) >= 11 is 0. The number of carbonyl (C=O) groups excluding carboxylic acids is 1. The van der Waals surface area contributed by atoms with E-state index in [-0.39, 0.29) is 18.9 Å². The molecular formula is C21H21F6LiO2P. The molecule has 0 heterocycles. The van der Waals surface area contributed by atoms with Gasteiger partial charge in [0.15, 0.2) is 5.52 Å². The van der Waals surface area contributed by atoms with Gasteiger partial charge in [0.2, 0.25) is 0 Å². The summed E-state index contributed by atoms with van der Waals surface area (Å²) in [5.74, 6) is 0.527. The van der Waals surface area contributed by atoms with E-state index in [4.69, 9.17) is 4.74 Å². The summed E-state index contributed by atoms with van der Waals surface area (Å²) in [6, 6.07) is 7.68. The van der Waals surface area contributed by atoms with E-state index in [1.54, 1.807) is 12.1 Å². The average molecular weight is 457 g/mol. The Morgan fingerprint density at radius 3 is 1.90 bits per heavy atom. The summed E-state index contributed by atoms with van der Waals surface area (Å²) in [5, 5.41) is 0.323. The predicted molar refractivity (Wildman–Crippen MR) is 111 cm³/mol. The molecule has 0 aliphatic heterocycles. The van der Waals surface area contributed by atoms with Crippen LogP contribution in [-0.4, -0.2) is 31.0 Å². The number of carbonyl (C=O) groups is 1. The molecule has 0 aromatic heterocycles. The summed E-state index contributed by atoms with van der Waals surface area (Å²) in [4.78, 5) is 12.5. The molecule has 0 fully saturated rings. The summed E-state index contributed by atoms with van der Waals surface area (Å²) in [6.45, 7) is 2.60. The van der Waals surface area contributed by atoms with Crippen LogP contribution in [0.1, 0.15) is 54.1 Å². The molecule has 0 saturated heterocycles. The predicted octanol–water partition coefficient (Wildman–Crippen LogP) is 6.45. The van der Waals surface area contributed by atoms with Gasteiger partial charge in [-0.25, -0.2) is 0 Å². The van der Waals surface area contributed by atoms with Gasteiger partial charge in [-0.05, 0) is 44.6 Å². The second-order valence-corrected chi connectivity index (χ2v) is 7.89. The van der Waals surface area contributed by atoms with Crippen molar-refractivity contribution in [2.24, 2.45) is 0 Å². The first-order chi connectivity index (χ1) is 14.0. The number of rotatable bonds is 9. The van der Waals surface area contributed by atoms with Crippen LogP contribution in [0.15, 0.2) is 42.5 Å². The fourth-order valence-corrected chi connectivity index (χ4v) is 3.81. The zero-order valence-corrected chi connectivity index (χ0v) is 18.2. The van der Waals surface area contributed by atoms with E-state index in [1.807, 2.05) is 0 Å². The van der Waals surface area contributed by atoms with Crippen LogP contribution in [-0.2, 0) is 12.4 Å². The summed E-state index contributed by atoms with van der Waals surface area (Å²) in [7, 11) is -0.889. The van der Waals surface area contributed by atoms with Crippen molar-refractivity contribution in [1.82, 2.24) is 0 Å². The van der Waals surface area contributed by atoms with Crippen LogP contribution in [0.5, 0.6) is 5.75 Å². The molecule has 165 valence electrons. The van der Waals surface area contributed by atoms with E-state index in [9.17, 15) is 31.1 Å². The molecular weight excluding hydrogens is 436 g/mol. The van der Waals surface area contributed by atoms with Crippen molar-refractivity contribution in [3.8, 4) is 5.75 Å². The monoisotopic (exact) mass is 457 g/mol. The molecule has 2 nitrogen and oxygen atoms in total. The van der Waals surface area contributed by atoms with Gasteiger partial charge in [-0.1, -0.05) is 44.4 Å². The third-order valence-electron chi connectivity index (χ3n) is 4.28. The molecule has 10 heteroatoms. The molecule has 1 unspecified atom stereocenters. The first-order valence-corrected chi connectivity index (χ1v) is 10.4. The molecule has 2 rings (SSSR count). The van der Waals surface area contributed by atoms with Crippen molar-refractivity contribution >= 4 is 38.3 Å². The van der Waals surface area contributed by atoms with Crippen molar-refractivity contribution in [3.63, 3.8) is 0 Å². The minimum Gasteiger partial charge on any atom is -0.494 e. The number of hydrogen-bond donors (Lipinski definition) is 0. The molecule has 0 aliphatic rings. The van der Waals surface area contributed by atoms with Crippen LogP contribution >= 0.6 is 8.58 Å².